The summed E-state index contributed by atoms with van der Waals surface area (Å²) in [6, 6.07) is 5.85. The van der Waals surface area contributed by atoms with Crippen molar-refractivity contribution < 1.29 is 18.0 Å². The summed E-state index contributed by atoms with van der Waals surface area (Å²) < 4.78 is 39.1. The molecule has 0 aromatic heterocycles. The molecule has 0 aliphatic heterocycles. The maximum atomic E-state index is 13.2. The summed E-state index contributed by atoms with van der Waals surface area (Å²) in [7, 11) is 0. The number of ketones is 1. The normalized spacial score (nSPS) is 10.4. The minimum atomic E-state index is -0.868. The Labute approximate surface area is 106 Å². The first-order valence-corrected chi connectivity index (χ1v) is 5.31. The highest BCUT2D eigenvalue weighted by atomic mass is 35.5. The number of rotatable bonds is 2. The molecule has 5 heteroatoms. The molecule has 0 radical (unpaired) electrons. The van der Waals surface area contributed by atoms with E-state index < -0.39 is 23.2 Å². The lowest BCUT2D eigenvalue weighted by Gasteiger charge is -2.03. The van der Waals surface area contributed by atoms with Crippen LogP contribution in [0.25, 0.3) is 0 Å². The van der Waals surface area contributed by atoms with Crippen LogP contribution in [0.15, 0.2) is 36.4 Å². The number of carbonyl (C=O) groups excluding carboxylic acids is 1. The molecule has 0 aliphatic rings. The lowest BCUT2D eigenvalue weighted by atomic mass is 10.0. The van der Waals surface area contributed by atoms with Gasteiger partial charge in [-0.2, -0.15) is 0 Å². The molecule has 0 fully saturated rings. The Bertz CT molecular complexity index is 605. The number of benzene rings is 2. The van der Waals surface area contributed by atoms with Crippen molar-refractivity contribution in [3.05, 3.63) is 70.0 Å². The van der Waals surface area contributed by atoms with Gasteiger partial charge in [-0.05, 0) is 30.3 Å². The van der Waals surface area contributed by atoms with E-state index in [2.05, 4.69) is 0 Å². The van der Waals surface area contributed by atoms with E-state index in [4.69, 9.17) is 11.6 Å². The van der Waals surface area contributed by atoms with E-state index in [-0.39, 0.29) is 16.1 Å². The molecule has 0 bridgehead atoms. The van der Waals surface area contributed by atoms with E-state index in [1.807, 2.05) is 0 Å². The molecule has 0 aliphatic carbocycles. The SMILES string of the molecule is O=C(c1cc(F)cc(F)c1)c1ccc(Cl)c(F)c1. The Hall–Kier alpha value is -1.81. The van der Waals surface area contributed by atoms with Gasteiger partial charge in [-0.1, -0.05) is 11.6 Å². The van der Waals surface area contributed by atoms with Crippen LogP contribution in [0, 0.1) is 17.5 Å². The molecule has 0 atom stereocenters. The average Bonchev–Trinajstić information content (AvgIpc) is 2.30. The predicted octanol–water partition coefficient (Wildman–Crippen LogP) is 3.99. The Morgan fingerprint density at radius 3 is 2.06 bits per heavy atom. The van der Waals surface area contributed by atoms with Crippen LogP contribution in [-0.4, -0.2) is 5.78 Å². The predicted molar refractivity (Wildman–Crippen MR) is 61.2 cm³/mol. The first-order valence-electron chi connectivity index (χ1n) is 4.93. The second-order valence-corrected chi connectivity index (χ2v) is 4.02. The zero-order valence-corrected chi connectivity index (χ0v) is 9.64. The molecule has 2 aromatic rings. The third-order valence-electron chi connectivity index (χ3n) is 2.31. The van der Waals surface area contributed by atoms with E-state index >= 15 is 0 Å². The molecule has 2 aromatic carbocycles. The maximum absolute atomic E-state index is 13.2. The lowest BCUT2D eigenvalue weighted by Crippen LogP contribution is -2.03. The molecule has 2 rings (SSSR count). The Balaban J connectivity index is 2.44. The number of hydrogen-bond donors (Lipinski definition) is 0. The lowest BCUT2D eigenvalue weighted by molar-refractivity contribution is 0.103. The van der Waals surface area contributed by atoms with Gasteiger partial charge >= 0.3 is 0 Å². The van der Waals surface area contributed by atoms with Crippen molar-refractivity contribution in [2.45, 2.75) is 0 Å². The van der Waals surface area contributed by atoms with Crippen molar-refractivity contribution in [1.82, 2.24) is 0 Å². The van der Waals surface area contributed by atoms with Crippen LogP contribution in [0.5, 0.6) is 0 Å². The summed E-state index contributed by atoms with van der Waals surface area (Å²) in [5.41, 5.74) is -0.212. The molecule has 92 valence electrons. The average molecular weight is 271 g/mol. The van der Waals surface area contributed by atoms with E-state index in [1.54, 1.807) is 0 Å². The largest absolute Gasteiger partial charge is 0.289 e. The van der Waals surface area contributed by atoms with Crippen molar-refractivity contribution >= 4 is 17.4 Å². The van der Waals surface area contributed by atoms with Crippen molar-refractivity contribution in [2.24, 2.45) is 0 Å². The summed E-state index contributed by atoms with van der Waals surface area (Å²) in [6.07, 6.45) is 0. The highest BCUT2D eigenvalue weighted by Gasteiger charge is 2.13. The van der Waals surface area contributed by atoms with E-state index in [0.29, 0.717) is 6.07 Å². The minimum absolute atomic E-state index is 0.0260. The molecule has 0 N–H and O–H groups in total. The fraction of sp³-hybridized carbons (Fsp3) is 0. The van der Waals surface area contributed by atoms with Gasteiger partial charge in [-0.15, -0.1) is 0 Å². The molecule has 0 heterocycles. The molecular formula is C13H6ClF3O. The molecule has 0 saturated carbocycles. The van der Waals surface area contributed by atoms with Crippen molar-refractivity contribution in [2.75, 3.05) is 0 Å². The number of halogens is 4. The van der Waals surface area contributed by atoms with Crippen molar-refractivity contribution in [3.8, 4) is 0 Å². The molecule has 0 amide bonds. The third kappa shape index (κ3) is 2.54. The molecule has 0 spiro atoms. The van der Waals surface area contributed by atoms with Gasteiger partial charge in [-0.25, -0.2) is 13.2 Å². The van der Waals surface area contributed by atoms with E-state index in [1.165, 1.54) is 12.1 Å². The highest BCUT2D eigenvalue weighted by molar-refractivity contribution is 6.30. The van der Waals surface area contributed by atoms with Crippen LogP contribution in [-0.2, 0) is 0 Å². The zero-order chi connectivity index (χ0) is 13.3. The van der Waals surface area contributed by atoms with Gasteiger partial charge in [0.1, 0.15) is 17.5 Å². The molecular weight excluding hydrogens is 265 g/mol. The van der Waals surface area contributed by atoms with Crippen LogP contribution in [0.1, 0.15) is 15.9 Å². The first-order chi connectivity index (χ1) is 8.47. The highest BCUT2D eigenvalue weighted by Crippen LogP contribution is 2.19. The quantitative estimate of drug-likeness (QED) is 0.754. The van der Waals surface area contributed by atoms with Crippen LogP contribution in [0.4, 0.5) is 13.2 Å². The van der Waals surface area contributed by atoms with Gasteiger partial charge in [0.25, 0.3) is 0 Å². The zero-order valence-electron chi connectivity index (χ0n) is 8.88. The Kier molecular flexibility index (Phi) is 3.39. The van der Waals surface area contributed by atoms with Gasteiger partial charge < -0.3 is 0 Å². The van der Waals surface area contributed by atoms with E-state index in [0.717, 1.165) is 18.2 Å². The van der Waals surface area contributed by atoms with Gasteiger partial charge in [0.2, 0.25) is 0 Å². The molecule has 0 saturated heterocycles. The third-order valence-corrected chi connectivity index (χ3v) is 2.61. The Morgan fingerprint density at radius 2 is 1.50 bits per heavy atom. The van der Waals surface area contributed by atoms with E-state index in [9.17, 15) is 18.0 Å². The van der Waals surface area contributed by atoms with Gasteiger partial charge in [0, 0.05) is 17.2 Å². The van der Waals surface area contributed by atoms with Gasteiger partial charge in [-0.3, -0.25) is 4.79 Å². The summed E-state index contributed by atoms with van der Waals surface area (Å²) in [5.74, 6) is -3.18. The summed E-state index contributed by atoms with van der Waals surface area (Å²) in [5, 5.41) is -0.128. The summed E-state index contributed by atoms with van der Waals surface area (Å²) in [4.78, 5) is 11.9. The van der Waals surface area contributed by atoms with Crippen LogP contribution >= 0.6 is 11.6 Å². The van der Waals surface area contributed by atoms with Gasteiger partial charge in [0.05, 0.1) is 5.02 Å². The van der Waals surface area contributed by atoms with Crippen LogP contribution < -0.4 is 0 Å². The van der Waals surface area contributed by atoms with Crippen molar-refractivity contribution in [1.29, 1.82) is 0 Å². The molecule has 18 heavy (non-hydrogen) atoms. The fourth-order valence-corrected chi connectivity index (χ4v) is 1.61. The van der Waals surface area contributed by atoms with Crippen molar-refractivity contribution in [3.63, 3.8) is 0 Å². The maximum Gasteiger partial charge on any atom is 0.193 e. The second kappa shape index (κ2) is 4.82. The van der Waals surface area contributed by atoms with Crippen LogP contribution in [0.3, 0.4) is 0 Å². The second-order valence-electron chi connectivity index (χ2n) is 3.62. The molecule has 0 unspecified atom stereocenters. The Morgan fingerprint density at radius 1 is 0.889 bits per heavy atom. The monoisotopic (exact) mass is 270 g/mol. The first kappa shape index (κ1) is 12.6. The smallest absolute Gasteiger partial charge is 0.193 e. The number of carbonyl (C=O) groups is 1. The molecule has 1 nitrogen and oxygen atoms in total. The topological polar surface area (TPSA) is 17.1 Å². The van der Waals surface area contributed by atoms with Gasteiger partial charge in [0.15, 0.2) is 5.78 Å². The summed E-state index contributed by atoms with van der Waals surface area (Å²) in [6.45, 7) is 0. The minimum Gasteiger partial charge on any atom is -0.289 e. The summed E-state index contributed by atoms with van der Waals surface area (Å²) >= 11 is 5.48. The fourth-order valence-electron chi connectivity index (χ4n) is 1.49. The van der Waals surface area contributed by atoms with Crippen LogP contribution in [0.2, 0.25) is 5.02 Å². The standard InChI is InChI=1S/C13H6ClF3O/c14-11-2-1-7(5-12(11)17)13(18)8-3-9(15)6-10(16)4-8/h1-6H. The number of hydrogen-bond acceptors (Lipinski definition) is 1.